The standard InChI is InChI=1S/C12H12N6.C5H11O8P/c13-9-3-1-2-8(4-9)5-14-11-10-12(16-6-15-10)18-7-17-11;6-3-2(1-12-14(9,10)11)13-5(8)4(3)7/h1-4,6-7H,5,13H2,(H2,14,15,16,17,18);2-8H,1H2,(H2,9,10,11)/t;2-,3-,4-,5?/m.1/s1. The van der Waals surface area contributed by atoms with Gasteiger partial charge in [0.2, 0.25) is 0 Å². The van der Waals surface area contributed by atoms with Gasteiger partial charge in [0, 0.05) is 12.2 Å². The first kappa shape index (κ1) is 24.0. The molecule has 1 fully saturated rings. The van der Waals surface area contributed by atoms with Crippen molar-refractivity contribution in [1.82, 2.24) is 19.9 Å². The Morgan fingerprint density at radius 2 is 1.97 bits per heavy atom. The van der Waals surface area contributed by atoms with Crippen molar-refractivity contribution in [1.29, 1.82) is 0 Å². The quantitative estimate of drug-likeness (QED) is 0.161. The van der Waals surface area contributed by atoms with Gasteiger partial charge in [0.25, 0.3) is 0 Å². The third-order valence-corrected chi connectivity index (χ3v) is 4.86. The monoisotopic (exact) mass is 470 g/mol. The van der Waals surface area contributed by atoms with Crippen LogP contribution in [0.1, 0.15) is 5.56 Å². The first-order valence-electron chi connectivity index (χ1n) is 9.26. The molecule has 4 rings (SSSR count). The van der Waals surface area contributed by atoms with E-state index in [-0.39, 0.29) is 0 Å². The molecule has 1 saturated heterocycles. The predicted molar refractivity (Wildman–Crippen MR) is 111 cm³/mol. The van der Waals surface area contributed by atoms with E-state index in [0.29, 0.717) is 12.2 Å². The van der Waals surface area contributed by atoms with Crippen molar-refractivity contribution in [3.8, 4) is 0 Å². The number of imidazole rings is 1. The number of fused-ring (bicyclic) bond motifs is 1. The average Bonchev–Trinajstić information content (AvgIpc) is 3.32. The van der Waals surface area contributed by atoms with E-state index in [0.717, 1.165) is 22.6 Å². The molecule has 4 atom stereocenters. The summed E-state index contributed by atoms with van der Waals surface area (Å²) in [4.78, 5) is 32.0. The number of nitrogen functional groups attached to an aromatic ring is 1. The summed E-state index contributed by atoms with van der Waals surface area (Å²) in [5.41, 5.74) is 9.04. The molecule has 2 aromatic heterocycles. The molecule has 1 aromatic carbocycles. The third kappa shape index (κ3) is 6.41. The van der Waals surface area contributed by atoms with Crippen LogP contribution in [-0.4, -0.2) is 76.3 Å². The summed E-state index contributed by atoms with van der Waals surface area (Å²) in [6, 6.07) is 7.73. The highest BCUT2D eigenvalue weighted by Gasteiger charge is 2.42. The van der Waals surface area contributed by atoms with E-state index >= 15 is 0 Å². The Balaban J connectivity index is 0.000000188. The number of nitrogens with two attached hydrogens (primary N) is 1. The average molecular weight is 470 g/mol. The Bertz CT molecular complexity index is 1080. The maximum absolute atomic E-state index is 10.3. The Morgan fingerprint density at radius 1 is 1.19 bits per heavy atom. The lowest BCUT2D eigenvalue weighted by molar-refractivity contribution is -0.132. The van der Waals surface area contributed by atoms with Crippen LogP contribution in [0.5, 0.6) is 0 Å². The molecule has 1 aliphatic heterocycles. The van der Waals surface area contributed by atoms with Gasteiger partial charge in [0.1, 0.15) is 30.2 Å². The zero-order valence-corrected chi connectivity index (χ0v) is 17.4. The summed E-state index contributed by atoms with van der Waals surface area (Å²) >= 11 is 0. The SMILES string of the molecule is Nc1cccc(CNc2ncnc3nc[nH]c23)c1.O=P(O)(O)OC[C@H]1OC(O)[C@H](O)[C@@H]1O. The lowest BCUT2D eigenvalue weighted by atomic mass is 10.1. The fraction of sp³-hybridized carbons (Fsp3) is 0.353. The van der Waals surface area contributed by atoms with Gasteiger partial charge in [-0.05, 0) is 17.7 Å². The molecule has 0 spiro atoms. The molecule has 1 unspecified atom stereocenters. The number of hydrogen-bond donors (Lipinski definition) is 8. The number of benzene rings is 1. The fourth-order valence-electron chi connectivity index (χ4n) is 2.83. The highest BCUT2D eigenvalue weighted by atomic mass is 31.2. The van der Waals surface area contributed by atoms with Gasteiger partial charge in [0.05, 0.1) is 12.9 Å². The van der Waals surface area contributed by atoms with Gasteiger partial charge in [-0.3, -0.25) is 4.52 Å². The molecule has 15 heteroatoms. The Morgan fingerprint density at radius 3 is 2.62 bits per heavy atom. The van der Waals surface area contributed by atoms with Gasteiger partial charge in [-0.15, -0.1) is 0 Å². The van der Waals surface area contributed by atoms with Crippen molar-refractivity contribution in [2.45, 2.75) is 31.1 Å². The molecule has 0 radical (unpaired) electrons. The smallest absolute Gasteiger partial charge is 0.399 e. The summed E-state index contributed by atoms with van der Waals surface area (Å²) in [5.74, 6) is 0.736. The summed E-state index contributed by atoms with van der Waals surface area (Å²) in [7, 11) is -4.64. The van der Waals surface area contributed by atoms with Gasteiger partial charge in [-0.1, -0.05) is 12.1 Å². The van der Waals surface area contributed by atoms with Crippen LogP contribution in [0, 0.1) is 0 Å². The number of anilines is 2. The van der Waals surface area contributed by atoms with Gasteiger partial charge >= 0.3 is 7.82 Å². The molecule has 0 saturated carbocycles. The minimum Gasteiger partial charge on any atom is -0.399 e. The number of aromatic amines is 1. The predicted octanol–water partition coefficient (Wildman–Crippen LogP) is -0.918. The molecule has 0 amide bonds. The van der Waals surface area contributed by atoms with E-state index in [9.17, 15) is 4.57 Å². The van der Waals surface area contributed by atoms with Crippen molar-refractivity contribution in [2.75, 3.05) is 17.7 Å². The van der Waals surface area contributed by atoms with Crippen LogP contribution < -0.4 is 11.1 Å². The van der Waals surface area contributed by atoms with Crippen LogP contribution in [-0.2, 0) is 20.4 Å². The second-order valence-electron chi connectivity index (χ2n) is 6.75. The molecule has 1 aliphatic rings. The first-order chi connectivity index (χ1) is 15.1. The summed E-state index contributed by atoms with van der Waals surface area (Å²) in [5, 5.41) is 30.3. The van der Waals surface area contributed by atoms with E-state index in [1.165, 1.54) is 6.33 Å². The molecule has 32 heavy (non-hydrogen) atoms. The van der Waals surface area contributed by atoms with E-state index in [1.807, 2.05) is 24.3 Å². The number of ether oxygens (including phenoxy) is 1. The molecule has 14 nitrogen and oxygen atoms in total. The molecule has 9 N–H and O–H groups in total. The number of rotatable bonds is 6. The minimum atomic E-state index is -4.64. The molecule has 0 aliphatic carbocycles. The lowest BCUT2D eigenvalue weighted by Gasteiger charge is -2.14. The summed E-state index contributed by atoms with van der Waals surface area (Å²) in [6.07, 6.45) is -2.57. The number of hydrogen-bond acceptors (Lipinski definition) is 11. The zero-order chi connectivity index (χ0) is 23.3. The molecule has 3 heterocycles. The number of aliphatic hydroxyl groups is 3. The second kappa shape index (κ2) is 10.3. The highest BCUT2D eigenvalue weighted by Crippen LogP contribution is 2.37. The Kier molecular flexibility index (Phi) is 7.71. The highest BCUT2D eigenvalue weighted by molar-refractivity contribution is 7.46. The fourth-order valence-corrected chi connectivity index (χ4v) is 3.17. The number of H-pyrrole nitrogens is 1. The maximum Gasteiger partial charge on any atom is 0.469 e. The Labute approximate surface area is 181 Å². The van der Waals surface area contributed by atoms with Crippen LogP contribution in [0.25, 0.3) is 11.2 Å². The van der Waals surface area contributed by atoms with E-state index in [2.05, 4.69) is 34.5 Å². The first-order valence-corrected chi connectivity index (χ1v) is 10.8. The zero-order valence-electron chi connectivity index (χ0n) is 16.5. The molecule has 174 valence electrons. The third-order valence-electron chi connectivity index (χ3n) is 4.38. The van der Waals surface area contributed by atoms with E-state index in [4.69, 9.17) is 30.8 Å². The molecular formula is C17H23N6O8P. The van der Waals surface area contributed by atoms with E-state index < -0.39 is 39.0 Å². The van der Waals surface area contributed by atoms with Crippen molar-refractivity contribution >= 4 is 30.5 Å². The molecular weight excluding hydrogens is 447 g/mol. The minimum absolute atomic E-state index is 0.612. The lowest BCUT2D eigenvalue weighted by Crippen LogP contribution is -2.34. The van der Waals surface area contributed by atoms with Crippen LogP contribution in [0.2, 0.25) is 0 Å². The largest absolute Gasteiger partial charge is 0.469 e. The summed E-state index contributed by atoms with van der Waals surface area (Å²) in [6.45, 7) is 0.0374. The van der Waals surface area contributed by atoms with Crippen LogP contribution in [0.3, 0.4) is 0 Å². The number of aromatic nitrogens is 4. The normalized spacial score (nSPS) is 23.0. The van der Waals surface area contributed by atoms with Gasteiger partial charge < -0.3 is 45.9 Å². The van der Waals surface area contributed by atoms with Crippen molar-refractivity contribution in [3.63, 3.8) is 0 Å². The van der Waals surface area contributed by atoms with E-state index in [1.54, 1.807) is 6.33 Å². The summed E-state index contributed by atoms with van der Waals surface area (Å²) < 4.78 is 18.9. The maximum atomic E-state index is 10.3. The number of phosphoric ester groups is 1. The van der Waals surface area contributed by atoms with Gasteiger partial charge in [0.15, 0.2) is 17.8 Å². The molecule has 0 bridgehead atoms. The number of nitrogens with zero attached hydrogens (tertiary/aromatic N) is 3. The van der Waals surface area contributed by atoms with Crippen molar-refractivity contribution in [2.24, 2.45) is 0 Å². The van der Waals surface area contributed by atoms with Crippen molar-refractivity contribution in [3.05, 3.63) is 42.5 Å². The van der Waals surface area contributed by atoms with Crippen molar-refractivity contribution < 1.29 is 38.9 Å². The number of aliphatic hydroxyl groups excluding tert-OH is 3. The van der Waals surface area contributed by atoms with Crippen LogP contribution in [0.4, 0.5) is 11.5 Å². The molecule has 3 aromatic rings. The van der Waals surface area contributed by atoms with Gasteiger partial charge in [-0.25, -0.2) is 19.5 Å². The topological polar surface area (TPSA) is 229 Å². The van der Waals surface area contributed by atoms with Crippen LogP contribution in [0.15, 0.2) is 36.9 Å². The number of phosphoric acid groups is 1. The Hall–Kier alpha value is -2.68. The van der Waals surface area contributed by atoms with Crippen LogP contribution >= 0.6 is 7.82 Å². The van der Waals surface area contributed by atoms with Gasteiger partial charge in [-0.2, -0.15) is 0 Å². The number of nitrogens with one attached hydrogen (secondary N) is 2. The second-order valence-corrected chi connectivity index (χ2v) is 7.99.